The zero-order valence-corrected chi connectivity index (χ0v) is 15.5. The fraction of sp³-hybridized carbons (Fsp3) is 0.238. The van der Waals surface area contributed by atoms with Crippen molar-refractivity contribution in [3.05, 3.63) is 83.9 Å². The predicted octanol–water partition coefficient (Wildman–Crippen LogP) is 3.10. The lowest BCUT2D eigenvalue weighted by Gasteiger charge is -2.21. The van der Waals surface area contributed by atoms with Crippen molar-refractivity contribution in [3.8, 4) is 5.69 Å². The molecule has 5 nitrogen and oxygen atoms in total. The van der Waals surface area contributed by atoms with E-state index in [9.17, 15) is 9.18 Å². The first-order valence-electron chi connectivity index (χ1n) is 8.78. The molecule has 0 aliphatic rings. The van der Waals surface area contributed by atoms with Gasteiger partial charge in [0.15, 0.2) is 0 Å². The van der Waals surface area contributed by atoms with E-state index in [4.69, 9.17) is 0 Å². The second kappa shape index (κ2) is 8.60. The Morgan fingerprint density at radius 2 is 1.74 bits per heavy atom. The number of para-hydroxylation sites is 1. The van der Waals surface area contributed by atoms with Crippen LogP contribution < -0.4 is 0 Å². The SMILES string of the molecule is CN(CC(=O)N(C)Cc1ccccc1F)Cc1cnn(-c2ccccc2)c1. The van der Waals surface area contributed by atoms with Gasteiger partial charge in [-0.2, -0.15) is 5.10 Å². The molecule has 0 spiro atoms. The summed E-state index contributed by atoms with van der Waals surface area (Å²) in [5.41, 5.74) is 2.53. The molecule has 0 saturated carbocycles. The Bertz CT molecular complexity index is 894. The first-order valence-corrected chi connectivity index (χ1v) is 8.78. The molecular weight excluding hydrogens is 343 g/mol. The lowest BCUT2D eigenvalue weighted by Crippen LogP contribution is -2.36. The average Bonchev–Trinajstić information content (AvgIpc) is 3.12. The summed E-state index contributed by atoms with van der Waals surface area (Å²) in [6.07, 6.45) is 3.76. The zero-order chi connectivity index (χ0) is 19.2. The number of aromatic nitrogens is 2. The van der Waals surface area contributed by atoms with Gasteiger partial charge in [0.25, 0.3) is 0 Å². The van der Waals surface area contributed by atoms with Crippen LogP contribution in [0.15, 0.2) is 67.0 Å². The van der Waals surface area contributed by atoms with E-state index in [1.54, 1.807) is 36.3 Å². The van der Waals surface area contributed by atoms with E-state index >= 15 is 0 Å². The van der Waals surface area contributed by atoms with E-state index in [0.717, 1.165) is 11.3 Å². The monoisotopic (exact) mass is 366 g/mol. The number of hydrogen-bond acceptors (Lipinski definition) is 3. The molecule has 0 bridgehead atoms. The molecule has 1 aromatic heterocycles. The highest BCUT2D eigenvalue weighted by molar-refractivity contribution is 5.77. The molecule has 3 aromatic rings. The fourth-order valence-corrected chi connectivity index (χ4v) is 2.85. The van der Waals surface area contributed by atoms with Gasteiger partial charge < -0.3 is 4.90 Å². The van der Waals surface area contributed by atoms with Crippen LogP contribution in [0, 0.1) is 5.82 Å². The minimum Gasteiger partial charge on any atom is -0.340 e. The molecule has 0 fully saturated rings. The first kappa shape index (κ1) is 18.8. The fourth-order valence-electron chi connectivity index (χ4n) is 2.85. The second-order valence-corrected chi connectivity index (χ2v) is 6.64. The topological polar surface area (TPSA) is 41.4 Å². The highest BCUT2D eigenvalue weighted by Crippen LogP contribution is 2.11. The smallest absolute Gasteiger partial charge is 0.236 e. The van der Waals surface area contributed by atoms with E-state index in [-0.39, 0.29) is 24.8 Å². The third-order valence-electron chi connectivity index (χ3n) is 4.31. The molecule has 1 amide bonds. The summed E-state index contributed by atoms with van der Waals surface area (Å²) < 4.78 is 15.6. The lowest BCUT2D eigenvalue weighted by atomic mass is 10.2. The van der Waals surface area contributed by atoms with Gasteiger partial charge in [0.2, 0.25) is 5.91 Å². The molecule has 6 heteroatoms. The standard InChI is InChI=1S/C21H23FN4O/c1-24(13-17-12-23-26(14-17)19-9-4-3-5-10-19)16-21(27)25(2)15-18-8-6-7-11-20(18)22/h3-12,14H,13,15-16H2,1-2H3. The molecular formula is C21H23FN4O. The van der Waals surface area contributed by atoms with Crippen molar-refractivity contribution >= 4 is 5.91 Å². The zero-order valence-electron chi connectivity index (χ0n) is 15.5. The van der Waals surface area contributed by atoms with Crippen molar-refractivity contribution in [3.63, 3.8) is 0 Å². The van der Waals surface area contributed by atoms with Gasteiger partial charge in [0, 0.05) is 37.5 Å². The maximum absolute atomic E-state index is 13.7. The maximum atomic E-state index is 13.7. The number of likely N-dealkylation sites (N-methyl/N-ethyl adjacent to an activating group) is 2. The van der Waals surface area contributed by atoms with Crippen molar-refractivity contribution in [2.45, 2.75) is 13.1 Å². The number of halogens is 1. The first-order chi connectivity index (χ1) is 13.0. The number of benzene rings is 2. The molecule has 0 N–H and O–H groups in total. The molecule has 0 atom stereocenters. The molecule has 0 aliphatic carbocycles. The van der Waals surface area contributed by atoms with Crippen LogP contribution in [0.2, 0.25) is 0 Å². The summed E-state index contributed by atoms with van der Waals surface area (Å²) in [4.78, 5) is 15.9. The highest BCUT2D eigenvalue weighted by Gasteiger charge is 2.14. The van der Waals surface area contributed by atoms with E-state index in [0.29, 0.717) is 12.1 Å². The van der Waals surface area contributed by atoms with E-state index < -0.39 is 0 Å². The van der Waals surface area contributed by atoms with Gasteiger partial charge in [-0.1, -0.05) is 36.4 Å². The number of carbonyl (C=O) groups is 1. The Kier molecular flexibility index (Phi) is 5.98. The maximum Gasteiger partial charge on any atom is 0.236 e. The average molecular weight is 366 g/mol. The summed E-state index contributed by atoms with van der Waals surface area (Å²) in [6, 6.07) is 16.4. The Hall–Kier alpha value is -2.99. The van der Waals surface area contributed by atoms with Gasteiger partial charge >= 0.3 is 0 Å². The normalized spacial score (nSPS) is 11.0. The van der Waals surface area contributed by atoms with Crippen LogP contribution in [0.1, 0.15) is 11.1 Å². The third-order valence-corrected chi connectivity index (χ3v) is 4.31. The van der Waals surface area contributed by atoms with Gasteiger partial charge in [0.05, 0.1) is 18.4 Å². The Balaban J connectivity index is 1.54. The van der Waals surface area contributed by atoms with E-state index in [1.807, 2.05) is 53.2 Å². The summed E-state index contributed by atoms with van der Waals surface area (Å²) in [7, 11) is 3.57. The Morgan fingerprint density at radius 3 is 2.48 bits per heavy atom. The molecule has 3 rings (SSSR count). The molecule has 2 aromatic carbocycles. The van der Waals surface area contributed by atoms with Crippen molar-refractivity contribution in [2.75, 3.05) is 20.6 Å². The van der Waals surface area contributed by atoms with Gasteiger partial charge in [-0.05, 0) is 25.2 Å². The molecule has 0 radical (unpaired) electrons. The minimum atomic E-state index is -0.293. The molecule has 0 aliphatic heterocycles. The van der Waals surface area contributed by atoms with Crippen LogP contribution in [0.4, 0.5) is 4.39 Å². The number of nitrogens with zero attached hydrogens (tertiary/aromatic N) is 4. The van der Waals surface area contributed by atoms with Gasteiger partial charge in [-0.3, -0.25) is 9.69 Å². The summed E-state index contributed by atoms with van der Waals surface area (Å²) >= 11 is 0. The summed E-state index contributed by atoms with van der Waals surface area (Å²) in [6.45, 7) is 1.11. The van der Waals surface area contributed by atoms with Crippen molar-refractivity contribution in [1.82, 2.24) is 19.6 Å². The lowest BCUT2D eigenvalue weighted by molar-refractivity contribution is -0.131. The molecule has 27 heavy (non-hydrogen) atoms. The largest absolute Gasteiger partial charge is 0.340 e. The summed E-state index contributed by atoms with van der Waals surface area (Å²) in [5.74, 6) is -0.352. The minimum absolute atomic E-state index is 0.0591. The van der Waals surface area contributed by atoms with Crippen LogP contribution in [0.3, 0.4) is 0 Å². The van der Waals surface area contributed by atoms with Crippen molar-refractivity contribution < 1.29 is 9.18 Å². The van der Waals surface area contributed by atoms with Crippen LogP contribution in [0.25, 0.3) is 5.69 Å². The van der Waals surface area contributed by atoms with Crippen molar-refractivity contribution in [1.29, 1.82) is 0 Å². The van der Waals surface area contributed by atoms with Gasteiger partial charge in [0.1, 0.15) is 5.82 Å². The van der Waals surface area contributed by atoms with Crippen molar-refractivity contribution in [2.24, 2.45) is 0 Å². The Morgan fingerprint density at radius 1 is 1.04 bits per heavy atom. The molecule has 0 saturated heterocycles. The van der Waals surface area contributed by atoms with Gasteiger partial charge in [-0.15, -0.1) is 0 Å². The van der Waals surface area contributed by atoms with Crippen LogP contribution in [-0.4, -0.2) is 46.1 Å². The van der Waals surface area contributed by atoms with Crippen LogP contribution in [0.5, 0.6) is 0 Å². The van der Waals surface area contributed by atoms with E-state index in [1.165, 1.54) is 6.07 Å². The van der Waals surface area contributed by atoms with Crippen LogP contribution >= 0.6 is 0 Å². The third kappa shape index (κ3) is 5.01. The molecule has 140 valence electrons. The summed E-state index contributed by atoms with van der Waals surface area (Å²) in [5, 5.41) is 4.37. The quantitative estimate of drug-likeness (QED) is 0.645. The van der Waals surface area contributed by atoms with Crippen LogP contribution in [-0.2, 0) is 17.9 Å². The van der Waals surface area contributed by atoms with E-state index in [2.05, 4.69) is 5.10 Å². The molecule has 1 heterocycles. The predicted molar refractivity (Wildman–Crippen MR) is 103 cm³/mol. The Labute approximate surface area is 158 Å². The van der Waals surface area contributed by atoms with Gasteiger partial charge in [-0.25, -0.2) is 9.07 Å². The molecule has 0 unspecified atom stereocenters. The highest BCUT2D eigenvalue weighted by atomic mass is 19.1. The number of hydrogen-bond donors (Lipinski definition) is 0. The second-order valence-electron chi connectivity index (χ2n) is 6.64. The number of rotatable bonds is 7. The number of carbonyl (C=O) groups excluding carboxylic acids is 1. The number of amides is 1.